The van der Waals surface area contributed by atoms with E-state index in [1.807, 2.05) is 35.7 Å². The molecular weight excluding hydrogens is 390 g/mol. The van der Waals surface area contributed by atoms with Crippen LogP contribution < -0.4 is 15.4 Å². The molecule has 0 fully saturated rings. The number of amides is 2. The van der Waals surface area contributed by atoms with E-state index in [9.17, 15) is 14.7 Å². The van der Waals surface area contributed by atoms with Gasteiger partial charge in [-0.05, 0) is 24.1 Å². The number of rotatable bonds is 8. The third kappa shape index (κ3) is 5.87. The van der Waals surface area contributed by atoms with Crippen molar-refractivity contribution in [2.24, 2.45) is 0 Å². The lowest BCUT2D eigenvalue weighted by Gasteiger charge is -2.18. The maximum atomic E-state index is 12.4. The van der Waals surface area contributed by atoms with E-state index >= 15 is 0 Å². The highest BCUT2D eigenvalue weighted by Gasteiger charge is 2.20. The summed E-state index contributed by atoms with van der Waals surface area (Å²) in [6, 6.07) is 15.6. The number of aliphatic hydroxyl groups is 1. The molecule has 2 amide bonds. The first-order chi connectivity index (χ1) is 14.2. The molecule has 3 N–H and O–H groups in total. The number of ether oxygens (including phenoxy) is 1. The predicted molar refractivity (Wildman–Crippen MR) is 111 cm³/mol. The summed E-state index contributed by atoms with van der Waals surface area (Å²) in [4.78, 5) is 29.0. The topological polar surface area (TPSA) is 101 Å². The zero-order valence-electron chi connectivity index (χ0n) is 15.6. The quantitative estimate of drug-likeness (QED) is 0.495. The van der Waals surface area contributed by atoms with Crippen LogP contribution in [-0.4, -0.2) is 28.5 Å². The molecule has 0 bridgehead atoms. The molecule has 7 nitrogen and oxygen atoms in total. The number of benzene rings is 2. The van der Waals surface area contributed by atoms with Gasteiger partial charge in [0.15, 0.2) is 0 Å². The molecule has 2 aromatic carbocycles. The SMILES string of the molecule is O=C(Nc1ccccc1OCc1cscn1)C(=O)N[C@H](CCO)c1ccccc1. The van der Waals surface area contributed by atoms with Crippen LogP contribution in [0.5, 0.6) is 5.75 Å². The van der Waals surface area contributed by atoms with Crippen molar-refractivity contribution in [3.63, 3.8) is 0 Å². The molecular formula is C21H21N3O4S. The summed E-state index contributed by atoms with van der Waals surface area (Å²) in [5, 5.41) is 16.4. The van der Waals surface area contributed by atoms with E-state index in [1.54, 1.807) is 29.8 Å². The average molecular weight is 411 g/mol. The molecule has 150 valence electrons. The van der Waals surface area contributed by atoms with Crippen molar-refractivity contribution in [1.82, 2.24) is 10.3 Å². The van der Waals surface area contributed by atoms with Gasteiger partial charge in [0.2, 0.25) is 0 Å². The number of anilines is 1. The largest absolute Gasteiger partial charge is 0.485 e. The maximum Gasteiger partial charge on any atom is 0.313 e. The Morgan fingerprint density at radius 1 is 1.07 bits per heavy atom. The minimum absolute atomic E-state index is 0.116. The van der Waals surface area contributed by atoms with E-state index in [0.29, 0.717) is 17.9 Å². The lowest BCUT2D eigenvalue weighted by Crippen LogP contribution is -2.38. The van der Waals surface area contributed by atoms with Crippen molar-refractivity contribution < 1.29 is 19.4 Å². The van der Waals surface area contributed by atoms with E-state index in [-0.39, 0.29) is 13.2 Å². The van der Waals surface area contributed by atoms with Gasteiger partial charge < -0.3 is 20.5 Å². The first-order valence-corrected chi connectivity index (χ1v) is 9.98. The summed E-state index contributed by atoms with van der Waals surface area (Å²) in [6.45, 7) is 0.143. The molecule has 0 radical (unpaired) electrons. The standard InChI is InChI=1S/C21H21N3O4S/c25-11-10-17(15-6-2-1-3-7-15)23-20(26)21(27)24-18-8-4-5-9-19(18)28-12-16-13-29-14-22-16/h1-9,13-14,17,25H,10-12H2,(H,23,26)(H,24,27)/t17-/m1/s1. The van der Waals surface area contributed by atoms with Gasteiger partial charge in [0.05, 0.1) is 22.9 Å². The number of thiazole rings is 1. The number of para-hydroxylation sites is 2. The van der Waals surface area contributed by atoms with Crippen LogP contribution in [0.1, 0.15) is 23.7 Å². The van der Waals surface area contributed by atoms with Crippen LogP contribution >= 0.6 is 11.3 Å². The second-order valence-corrected chi connectivity index (χ2v) is 6.89. The van der Waals surface area contributed by atoms with Gasteiger partial charge in [0, 0.05) is 12.0 Å². The van der Waals surface area contributed by atoms with Crippen LogP contribution in [0.2, 0.25) is 0 Å². The number of nitrogens with zero attached hydrogens (tertiary/aromatic N) is 1. The van der Waals surface area contributed by atoms with E-state index in [1.165, 1.54) is 11.3 Å². The third-order valence-corrected chi connectivity index (χ3v) is 4.76. The Morgan fingerprint density at radius 2 is 1.83 bits per heavy atom. The number of carbonyl (C=O) groups excluding carboxylic acids is 2. The van der Waals surface area contributed by atoms with Crippen LogP contribution in [0.15, 0.2) is 65.5 Å². The van der Waals surface area contributed by atoms with Gasteiger partial charge >= 0.3 is 11.8 Å². The molecule has 0 aliphatic rings. The fourth-order valence-electron chi connectivity index (χ4n) is 2.70. The summed E-state index contributed by atoms with van der Waals surface area (Å²) < 4.78 is 5.72. The summed E-state index contributed by atoms with van der Waals surface area (Å²) in [6.07, 6.45) is 0.302. The van der Waals surface area contributed by atoms with Crippen LogP contribution in [0.25, 0.3) is 0 Å². The first kappa shape index (κ1) is 20.5. The second-order valence-electron chi connectivity index (χ2n) is 6.17. The molecule has 3 aromatic rings. The molecule has 0 saturated heterocycles. The van der Waals surface area contributed by atoms with Crippen LogP contribution in [0, 0.1) is 0 Å². The van der Waals surface area contributed by atoms with Crippen LogP contribution in [0.4, 0.5) is 5.69 Å². The Bertz CT molecular complexity index is 932. The van der Waals surface area contributed by atoms with Gasteiger partial charge in [-0.3, -0.25) is 9.59 Å². The molecule has 0 aliphatic carbocycles. The van der Waals surface area contributed by atoms with E-state index in [4.69, 9.17) is 4.74 Å². The molecule has 1 aromatic heterocycles. The molecule has 0 saturated carbocycles. The Kier molecular flexibility index (Phi) is 7.32. The normalized spacial score (nSPS) is 11.5. The summed E-state index contributed by atoms with van der Waals surface area (Å²) in [5.41, 5.74) is 3.70. The number of carbonyl (C=O) groups is 2. The van der Waals surface area contributed by atoms with Crippen molar-refractivity contribution in [3.8, 4) is 5.75 Å². The monoisotopic (exact) mass is 411 g/mol. The molecule has 1 heterocycles. The summed E-state index contributed by atoms with van der Waals surface area (Å²) in [5.74, 6) is -1.16. The van der Waals surface area contributed by atoms with Crippen LogP contribution in [0.3, 0.4) is 0 Å². The predicted octanol–water partition coefficient (Wildman–Crippen LogP) is 2.90. The molecule has 0 spiro atoms. The zero-order valence-corrected chi connectivity index (χ0v) is 16.4. The van der Waals surface area contributed by atoms with E-state index in [0.717, 1.165) is 11.3 Å². The first-order valence-electron chi connectivity index (χ1n) is 9.04. The molecule has 3 rings (SSSR count). The van der Waals surface area contributed by atoms with Gasteiger partial charge in [-0.15, -0.1) is 11.3 Å². The van der Waals surface area contributed by atoms with Crippen molar-refractivity contribution >= 4 is 28.8 Å². The highest BCUT2D eigenvalue weighted by molar-refractivity contribution is 7.07. The van der Waals surface area contributed by atoms with Crippen molar-refractivity contribution in [2.75, 3.05) is 11.9 Å². The number of hydrogen-bond acceptors (Lipinski definition) is 6. The Hall–Kier alpha value is -3.23. The van der Waals surface area contributed by atoms with Gasteiger partial charge in [0.1, 0.15) is 12.4 Å². The number of aliphatic hydroxyl groups excluding tert-OH is 1. The summed E-state index contributed by atoms with van der Waals surface area (Å²) in [7, 11) is 0. The minimum Gasteiger partial charge on any atom is -0.485 e. The molecule has 1 atom stereocenters. The lowest BCUT2D eigenvalue weighted by atomic mass is 10.0. The van der Waals surface area contributed by atoms with Gasteiger partial charge in [-0.25, -0.2) is 4.98 Å². The molecule has 0 aliphatic heterocycles. The van der Waals surface area contributed by atoms with E-state index < -0.39 is 17.9 Å². The second kappa shape index (κ2) is 10.4. The van der Waals surface area contributed by atoms with E-state index in [2.05, 4.69) is 15.6 Å². The minimum atomic E-state index is -0.812. The highest BCUT2D eigenvalue weighted by atomic mass is 32.1. The third-order valence-electron chi connectivity index (χ3n) is 4.13. The Morgan fingerprint density at radius 3 is 2.55 bits per heavy atom. The lowest BCUT2D eigenvalue weighted by molar-refractivity contribution is -0.136. The van der Waals surface area contributed by atoms with Crippen LogP contribution in [-0.2, 0) is 16.2 Å². The smallest absolute Gasteiger partial charge is 0.313 e. The van der Waals surface area contributed by atoms with Gasteiger partial charge in [0.25, 0.3) is 0 Å². The number of nitrogens with one attached hydrogen (secondary N) is 2. The van der Waals surface area contributed by atoms with Crippen molar-refractivity contribution in [3.05, 3.63) is 76.7 Å². The molecule has 8 heteroatoms. The van der Waals surface area contributed by atoms with Crippen molar-refractivity contribution in [1.29, 1.82) is 0 Å². The number of aromatic nitrogens is 1. The highest BCUT2D eigenvalue weighted by Crippen LogP contribution is 2.25. The molecule has 29 heavy (non-hydrogen) atoms. The van der Waals surface area contributed by atoms with Gasteiger partial charge in [-0.2, -0.15) is 0 Å². The fraction of sp³-hybridized carbons (Fsp3) is 0.190. The Balaban J connectivity index is 1.64. The fourth-order valence-corrected chi connectivity index (χ4v) is 3.24. The van der Waals surface area contributed by atoms with Crippen molar-refractivity contribution in [2.45, 2.75) is 19.1 Å². The maximum absolute atomic E-state index is 12.4. The molecule has 0 unspecified atom stereocenters. The zero-order chi connectivity index (χ0) is 20.5. The summed E-state index contributed by atoms with van der Waals surface area (Å²) >= 11 is 1.47. The Labute approximate surface area is 172 Å². The number of hydrogen-bond donors (Lipinski definition) is 3. The van der Waals surface area contributed by atoms with Gasteiger partial charge in [-0.1, -0.05) is 42.5 Å². The average Bonchev–Trinajstić information content (AvgIpc) is 3.27.